The Kier molecular flexibility index (Phi) is 4.00. The van der Waals surface area contributed by atoms with E-state index in [2.05, 4.69) is 10.2 Å². The maximum Gasteiger partial charge on any atom is 0.195 e. The van der Waals surface area contributed by atoms with Crippen LogP contribution in [0.5, 0.6) is 0 Å². The van der Waals surface area contributed by atoms with E-state index in [1.165, 1.54) is 0 Å². The highest BCUT2D eigenvalue weighted by atomic mass is 32.2. The van der Waals surface area contributed by atoms with Gasteiger partial charge in [-0.15, -0.1) is 0 Å². The molecule has 0 saturated heterocycles. The van der Waals surface area contributed by atoms with Crippen molar-refractivity contribution in [1.29, 1.82) is 0 Å². The van der Waals surface area contributed by atoms with Gasteiger partial charge in [-0.25, -0.2) is 0 Å². The van der Waals surface area contributed by atoms with Crippen molar-refractivity contribution in [3.05, 3.63) is 10.6 Å². The third-order valence-corrected chi connectivity index (χ3v) is 3.25. The average molecular weight is 233 g/mol. The molecule has 80 valence electrons. The first-order chi connectivity index (χ1) is 6.56. The number of rotatable bonds is 4. The summed E-state index contributed by atoms with van der Waals surface area (Å²) in [5.74, 6) is 1.54. The highest BCUT2D eigenvalue weighted by molar-refractivity contribution is 7.84. The summed E-state index contributed by atoms with van der Waals surface area (Å²) in [5.41, 5.74) is 0. The Balaban J connectivity index is 2.98. The summed E-state index contributed by atoms with van der Waals surface area (Å²) in [6, 6.07) is 0.141. The molecule has 0 aliphatic rings. The normalized spacial score (nSPS) is 15.4. The lowest BCUT2D eigenvalue weighted by Crippen LogP contribution is -2.15. The summed E-state index contributed by atoms with van der Waals surface area (Å²) in [5, 5.41) is 6.87. The molecule has 1 rings (SSSR count). The van der Waals surface area contributed by atoms with Gasteiger partial charge in [-0.05, 0) is 19.1 Å². The van der Waals surface area contributed by atoms with Crippen LogP contribution in [0.3, 0.4) is 0 Å². The molecule has 1 aromatic rings. The van der Waals surface area contributed by atoms with Crippen LogP contribution in [0.25, 0.3) is 0 Å². The average Bonchev–Trinajstić information content (AvgIpc) is 2.45. The first-order valence-corrected chi connectivity index (χ1v) is 6.65. The monoisotopic (exact) mass is 233 g/mol. The Morgan fingerprint density at radius 2 is 2.36 bits per heavy atom. The van der Waals surface area contributed by atoms with E-state index in [-0.39, 0.29) is 6.04 Å². The maximum absolute atomic E-state index is 11.1. The van der Waals surface area contributed by atoms with Crippen LogP contribution in [0.1, 0.15) is 25.7 Å². The zero-order valence-corrected chi connectivity index (χ0v) is 10.2. The Morgan fingerprint density at radius 3 is 2.86 bits per heavy atom. The zero-order valence-electron chi connectivity index (χ0n) is 8.61. The van der Waals surface area contributed by atoms with E-state index in [0.717, 1.165) is 12.2 Å². The van der Waals surface area contributed by atoms with Crippen molar-refractivity contribution in [2.24, 2.45) is 0 Å². The second-order valence-corrected chi connectivity index (χ2v) is 5.12. The predicted octanol–water partition coefficient (Wildman–Crippen LogP) is 1.44. The summed E-state index contributed by atoms with van der Waals surface area (Å²) in [6.45, 7) is 4.03. The standard InChI is InChI=1S/C8H15N3OS2/c1-4-7-9-10-8(13)11(7)6(2)5-14(3)12/h6H,4-5H2,1-3H3,(H,10,13). The highest BCUT2D eigenvalue weighted by Gasteiger charge is 2.12. The number of hydrogen-bond acceptors (Lipinski definition) is 3. The lowest BCUT2D eigenvalue weighted by atomic mass is 10.3. The fourth-order valence-electron chi connectivity index (χ4n) is 1.46. The molecule has 14 heavy (non-hydrogen) atoms. The molecule has 1 aromatic heterocycles. The molecule has 0 aromatic carbocycles. The molecule has 0 aliphatic heterocycles. The van der Waals surface area contributed by atoms with Gasteiger partial charge in [0, 0.05) is 35.3 Å². The molecular formula is C8H15N3OS2. The largest absolute Gasteiger partial charge is 0.300 e. The Labute approximate surface area is 91.2 Å². The van der Waals surface area contributed by atoms with E-state index in [1.54, 1.807) is 6.26 Å². The van der Waals surface area contributed by atoms with Gasteiger partial charge in [0.25, 0.3) is 0 Å². The van der Waals surface area contributed by atoms with Crippen LogP contribution >= 0.6 is 12.2 Å². The van der Waals surface area contributed by atoms with E-state index in [9.17, 15) is 4.21 Å². The van der Waals surface area contributed by atoms with E-state index in [1.807, 2.05) is 18.4 Å². The highest BCUT2D eigenvalue weighted by Crippen LogP contribution is 2.10. The molecule has 6 heteroatoms. The van der Waals surface area contributed by atoms with E-state index >= 15 is 0 Å². The van der Waals surface area contributed by atoms with Crippen LogP contribution in [-0.4, -0.2) is 31.0 Å². The second kappa shape index (κ2) is 4.84. The summed E-state index contributed by atoms with van der Waals surface area (Å²) in [4.78, 5) is 0. The number of aromatic nitrogens is 3. The molecule has 2 unspecified atom stereocenters. The fraction of sp³-hybridized carbons (Fsp3) is 0.750. The Morgan fingerprint density at radius 1 is 1.71 bits per heavy atom. The van der Waals surface area contributed by atoms with Gasteiger partial charge >= 0.3 is 0 Å². The third kappa shape index (κ3) is 2.51. The minimum Gasteiger partial charge on any atom is -0.300 e. The first kappa shape index (κ1) is 11.6. The van der Waals surface area contributed by atoms with Crippen molar-refractivity contribution in [2.45, 2.75) is 26.3 Å². The first-order valence-electron chi connectivity index (χ1n) is 4.52. The molecule has 4 nitrogen and oxygen atoms in total. The molecule has 0 fully saturated rings. The zero-order chi connectivity index (χ0) is 10.7. The van der Waals surface area contributed by atoms with Crippen molar-refractivity contribution in [1.82, 2.24) is 14.8 Å². The van der Waals surface area contributed by atoms with Gasteiger partial charge in [0.1, 0.15) is 5.82 Å². The van der Waals surface area contributed by atoms with Crippen LogP contribution in [0.15, 0.2) is 0 Å². The van der Waals surface area contributed by atoms with Crippen molar-refractivity contribution in [3.8, 4) is 0 Å². The number of nitrogens with zero attached hydrogens (tertiary/aromatic N) is 2. The Bertz CT molecular complexity index is 382. The maximum atomic E-state index is 11.1. The van der Waals surface area contributed by atoms with Gasteiger partial charge in [0.15, 0.2) is 4.77 Å². The van der Waals surface area contributed by atoms with Gasteiger partial charge < -0.3 is 4.57 Å². The van der Waals surface area contributed by atoms with Crippen LogP contribution in [0.4, 0.5) is 0 Å². The number of nitrogens with one attached hydrogen (secondary N) is 1. The minimum absolute atomic E-state index is 0.141. The molecule has 1 heterocycles. The number of aromatic amines is 1. The van der Waals surface area contributed by atoms with E-state index in [0.29, 0.717) is 10.5 Å². The van der Waals surface area contributed by atoms with Crippen LogP contribution in [-0.2, 0) is 17.2 Å². The van der Waals surface area contributed by atoms with Gasteiger partial charge in [0.2, 0.25) is 0 Å². The minimum atomic E-state index is -0.808. The molecular weight excluding hydrogens is 218 g/mol. The van der Waals surface area contributed by atoms with E-state index < -0.39 is 10.8 Å². The van der Waals surface area contributed by atoms with Crippen molar-refractivity contribution in [3.63, 3.8) is 0 Å². The van der Waals surface area contributed by atoms with Gasteiger partial charge in [-0.1, -0.05) is 6.92 Å². The molecule has 0 aliphatic carbocycles. The van der Waals surface area contributed by atoms with Crippen LogP contribution in [0, 0.1) is 4.77 Å². The van der Waals surface area contributed by atoms with Crippen LogP contribution < -0.4 is 0 Å². The third-order valence-electron chi connectivity index (χ3n) is 2.01. The van der Waals surface area contributed by atoms with Crippen molar-refractivity contribution >= 4 is 23.0 Å². The summed E-state index contributed by atoms with van der Waals surface area (Å²) < 4.78 is 13.6. The lowest BCUT2D eigenvalue weighted by molar-refractivity contribution is 0.565. The second-order valence-electron chi connectivity index (χ2n) is 3.26. The molecule has 0 radical (unpaired) electrons. The summed E-state index contributed by atoms with van der Waals surface area (Å²) in [6.07, 6.45) is 2.53. The Hall–Kier alpha value is -0.490. The molecule has 0 amide bonds. The van der Waals surface area contributed by atoms with Crippen molar-refractivity contribution in [2.75, 3.05) is 12.0 Å². The lowest BCUT2D eigenvalue weighted by Gasteiger charge is -2.13. The molecule has 1 N–H and O–H groups in total. The van der Waals surface area contributed by atoms with Gasteiger partial charge in [0.05, 0.1) is 0 Å². The molecule has 0 spiro atoms. The quantitative estimate of drug-likeness (QED) is 0.801. The van der Waals surface area contributed by atoms with Crippen molar-refractivity contribution < 1.29 is 4.21 Å². The van der Waals surface area contributed by atoms with Crippen LogP contribution in [0.2, 0.25) is 0 Å². The SMILES string of the molecule is CCc1n[nH]c(=S)n1C(C)CS(C)=O. The molecule has 0 bridgehead atoms. The topological polar surface area (TPSA) is 50.7 Å². The smallest absolute Gasteiger partial charge is 0.195 e. The van der Waals surface area contributed by atoms with Gasteiger partial charge in [-0.3, -0.25) is 9.31 Å². The van der Waals surface area contributed by atoms with Gasteiger partial charge in [-0.2, -0.15) is 5.10 Å². The number of aryl methyl sites for hydroxylation is 1. The fourth-order valence-corrected chi connectivity index (χ4v) is 2.61. The van der Waals surface area contributed by atoms with E-state index in [4.69, 9.17) is 12.2 Å². The molecule has 0 saturated carbocycles. The number of hydrogen-bond donors (Lipinski definition) is 1. The number of H-pyrrole nitrogens is 1. The molecule has 2 atom stereocenters. The summed E-state index contributed by atoms with van der Waals surface area (Å²) >= 11 is 5.11. The predicted molar refractivity (Wildman–Crippen MR) is 60.4 cm³/mol. The summed E-state index contributed by atoms with van der Waals surface area (Å²) in [7, 11) is -0.808.